The zero-order chi connectivity index (χ0) is 7.84. The van der Waals surface area contributed by atoms with E-state index in [0.29, 0.717) is 0 Å². The fourth-order valence-electron chi connectivity index (χ4n) is 1.01. The lowest BCUT2D eigenvalue weighted by Gasteiger charge is -1.93. The Bertz CT molecular complexity index is 393. The van der Waals surface area contributed by atoms with E-state index < -0.39 is 0 Å². The molecule has 0 radical (unpaired) electrons. The van der Waals surface area contributed by atoms with Crippen molar-refractivity contribution in [3.63, 3.8) is 0 Å². The summed E-state index contributed by atoms with van der Waals surface area (Å²) in [4.78, 5) is 8.24. The zero-order valence-electron chi connectivity index (χ0n) is 5.95. The summed E-state index contributed by atoms with van der Waals surface area (Å²) in [6, 6.07) is 0. The number of rotatable bonds is 0. The first-order valence-electron chi connectivity index (χ1n) is 3.22. The zero-order valence-corrected chi connectivity index (χ0v) is 7.54. The van der Waals surface area contributed by atoms with Gasteiger partial charge in [-0.25, -0.2) is 4.98 Å². The lowest BCUT2D eigenvalue weighted by molar-refractivity contribution is 1.09. The second kappa shape index (κ2) is 2.30. The molecule has 56 valence electrons. The van der Waals surface area contributed by atoms with E-state index in [0.717, 1.165) is 15.9 Å². The number of aromatic nitrogens is 3. The van der Waals surface area contributed by atoms with Crippen molar-refractivity contribution in [3.05, 3.63) is 28.9 Å². The van der Waals surface area contributed by atoms with Crippen LogP contribution in [-0.2, 0) is 0 Å². The number of halogens is 1. The number of aryl methyl sites for hydroxylation is 1. The molecule has 0 unspecified atom stereocenters. The molecule has 0 spiro atoms. The maximum atomic E-state index is 4.24. The van der Waals surface area contributed by atoms with Gasteiger partial charge in [-0.2, -0.15) is 0 Å². The van der Waals surface area contributed by atoms with Crippen LogP contribution in [0.2, 0.25) is 0 Å². The molecule has 11 heavy (non-hydrogen) atoms. The fourth-order valence-corrected chi connectivity index (χ4v) is 1.41. The molecule has 2 rings (SSSR count). The molecule has 0 saturated heterocycles. The Morgan fingerprint density at radius 3 is 3.00 bits per heavy atom. The van der Waals surface area contributed by atoms with Crippen molar-refractivity contribution in [3.8, 4) is 0 Å². The first kappa shape index (κ1) is 6.79. The van der Waals surface area contributed by atoms with Crippen molar-refractivity contribution in [1.82, 2.24) is 14.4 Å². The normalized spacial score (nSPS) is 10.7. The van der Waals surface area contributed by atoms with Gasteiger partial charge in [-0.05, 0) is 22.9 Å². The van der Waals surface area contributed by atoms with E-state index in [9.17, 15) is 0 Å². The minimum absolute atomic E-state index is 0.872. The predicted octanol–water partition coefficient (Wildman–Crippen LogP) is 1.80. The van der Waals surface area contributed by atoms with Gasteiger partial charge in [-0.15, -0.1) is 0 Å². The third-order valence-corrected chi connectivity index (χ3v) is 2.04. The molecule has 0 aliphatic rings. The molecular formula is C7H6BrN3. The number of hydrogen-bond donors (Lipinski definition) is 0. The van der Waals surface area contributed by atoms with Crippen LogP contribution >= 0.6 is 15.9 Å². The van der Waals surface area contributed by atoms with E-state index >= 15 is 0 Å². The Morgan fingerprint density at radius 1 is 1.45 bits per heavy atom. The molecule has 0 aromatic carbocycles. The monoisotopic (exact) mass is 211 g/mol. The van der Waals surface area contributed by atoms with Crippen molar-refractivity contribution in [2.75, 3.05) is 0 Å². The Kier molecular flexibility index (Phi) is 1.42. The largest absolute Gasteiger partial charge is 0.291 e. The minimum Gasteiger partial charge on any atom is -0.291 e. The third-order valence-electron chi connectivity index (χ3n) is 1.45. The first-order valence-corrected chi connectivity index (χ1v) is 4.02. The van der Waals surface area contributed by atoms with Crippen molar-refractivity contribution in [2.24, 2.45) is 0 Å². The van der Waals surface area contributed by atoms with Gasteiger partial charge in [0.2, 0.25) is 0 Å². The van der Waals surface area contributed by atoms with Gasteiger partial charge in [0.15, 0.2) is 5.65 Å². The number of imidazole rings is 1. The SMILES string of the molecule is Cc1cn2c(Br)cncc2n1. The Balaban J connectivity index is 2.90. The van der Waals surface area contributed by atoms with Gasteiger partial charge >= 0.3 is 0 Å². The molecule has 0 saturated carbocycles. The smallest absolute Gasteiger partial charge is 0.156 e. The molecule has 3 nitrogen and oxygen atoms in total. The lowest BCUT2D eigenvalue weighted by atomic mass is 10.6. The molecule has 2 aromatic rings. The summed E-state index contributed by atoms with van der Waals surface area (Å²) in [7, 11) is 0. The van der Waals surface area contributed by atoms with Crippen molar-refractivity contribution in [2.45, 2.75) is 6.92 Å². The molecule has 0 amide bonds. The van der Waals surface area contributed by atoms with Gasteiger partial charge in [0.05, 0.1) is 18.1 Å². The summed E-state index contributed by atoms with van der Waals surface area (Å²) in [5.74, 6) is 0. The summed E-state index contributed by atoms with van der Waals surface area (Å²) in [5.41, 5.74) is 1.87. The van der Waals surface area contributed by atoms with Gasteiger partial charge in [0.25, 0.3) is 0 Å². The van der Waals surface area contributed by atoms with Crippen LogP contribution in [0.5, 0.6) is 0 Å². The average Bonchev–Trinajstić information content (AvgIpc) is 2.31. The second-order valence-corrected chi connectivity index (χ2v) is 3.15. The molecule has 4 heteroatoms. The maximum Gasteiger partial charge on any atom is 0.156 e. The van der Waals surface area contributed by atoms with E-state index in [4.69, 9.17) is 0 Å². The molecule has 0 aliphatic carbocycles. The number of nitrogens with zero attached hydrogens (tertiary/aromatic N) is 3. The van der Waals surface area contributed by atoms with Crippen LogP contribution < -0.4 is 0 Å². The summed E-state index contributed by atoms with van der Waals surface area (Å²) in [5, 5.41) is 0. The van der Waals surface area contributed by atoms with E-state index in [1.54, 1.807) is 12.4 Å². The standard InChI is InChI=1S/C7H6BrN3/c1-5-4-11-6(8)2-9-3-7(11)10-5/h2-4H,1H3. The molecule has 0 fully saturated rings. The first-order chi connectivity index (χ1) is 5.27. The van der Waals surface area contributed by atoms with Gasteiger partial charge in [0.1, 0.15) is 4.60 Å². The minimum atomic E-state index is 0.872. The molecule has 0 atom stereocenters. The van der Waals surface area contributed by atoms with Crippen LogP contribution in [0.25, 0.3) is 5.65 Å². The summed E-state index contributed by atoms with van der Waals surface area (Å²) in [6.07, 6.45) is 5.44. The highest BCUT2D eigenvalue weighted by atomic mass is 79.9. The number of fused-ring (bicyclic) bond motifs is 1. The van der Waals surface area contributed by atoms with Crippen LogP contribution in [0.3, 0.4) is 0 Å². The molecular weight excluding hydrogens is 206 g/mol. The van der Waals surface area contributed by atoms with E-state index in [2.05, 4.69) is 25.9 Å². The molecule has 0 aliphatic heterocycles. The summed E-state index contributed by atoms with van der Waals surface area (Å²) >= 11 is 3.37. The van der Waals surface area contributed by atoms with Crippen LogP contribution in [0.15, 0.2) is 23.2 Å². The van der Waals surface area contributed by atoms with Gasteiger partial charge < -0.3 is 0 Å². The van der Waals surface area contributed by atoms with Gasteiger partial charge in [0, 0.05) is 6.20 Å². The lowest BCUT2D eigenvalue weighted by Crippen LogP contribution is -1.85. The highest BCUT2D eigenvalue weighted by molar-refractivity contribution is 9.10. The average molecular weight is 212 g/mol. The van der Waals surface area contributed by atoms with Gasteiger partial charge in [-0.3, -0.25) is 9.38 Å². The third kappa shape index (κ3) is 1.03. The van der Waals surface area contributed by atoms with Crippen LogP contribution in [-0.4, -0.2) is 14.4 Å². The Labute approximate surface area is 72.2 Å². The van der Waals surface area contributed by atoms with Crippen LogP contribution in [0.4, 0.5) is 0 Å². The maximum absolute atomic E-state index is 4.24. The van der Waals surface area contributed by atoms with Crippen molar-refractivity contribution < 1.29 is 0 Å². The highest BCUT2D eigenvalue weighted by Crippen LogP contribution is 2.11. The Morgan fingerprint density at radius 2 is 2.27 bits per heavy atom. The Hall–Kier alpha value is -0.900. The summed E-state index contributed by atoms with van der Waals surface area (Å²) in [6.45, 7) is 1.96. The fraction of sp³-hybridized carbons (Fsp3) is 0.143. The van der Waals surface area contributed by atoms with E-state index in [-0.39, 0.29) is 0 Å². The molecule has 2 heterocycles. The predicted molar refractivity (Wildman–Crippen MR) is 45.4 cm³/mol. The molecule has 0 N–H and O–H groups in total. The topological polar surface area (TPSA) is 30.2 Å². The highest BCUT2D eigenvalue weighted by Gasteiger charge is 1.98. The van der Waals surface area contributed by atoms with Crippen LogP contribution in [0, 0.1) is 6.92 Å². The second-order valence-electron chi connectivity index (χ2n) is 2.34. The summed E-state index contributed by atoms with van der Waals surface area (Å²) < 4.78 is 2.87. The number of hydrogen-bond acceptors (Lipinski definition) is 2. The molecule has 0 bridgehead atoms. The van der Waals surface area contributed by atoms with Crippen molar-refractivity contribution >= 4 is 21.6 Å². The van der Waals surface area contributed by atoms with Crippen LogP contribution in [0.1, 0.15) is 5.69 Å². The molecule has 2 aromatic heterocycles. The van der Waals surface area contributed by atoms with Crippen molar-refractivity contribution in [1.29, 1.82) is 0 Å². The quantitative estimate of drug-likeness (QED) is 0.666. The van der Waals surface area contributed by atoms with E-state index in [1.165, 1.54) is 0 Å². The van der Waals surface area contributed by atoms with Gasteiger partial charge in [-0.1, -0.05) is 0 Å². The van der Waals surface area contributed by atoms with E-state index in [1.807, 2.05) is 17.5 Å².